The van der Waals surface area contributed by atoms with Crippen molar-refractivity contribution in [2.45, 2.75) is 19.9 Å². The van der Waals surface area contributed by atoms with Gasteiger partial charge in [-0.15, -0.1) is 0 Å². The van der Waals surface area contributed by atoms with E-state index in [1.54, 1.807) is 6.33 Å². The van der Waals surface area contributed by atoms with Crippen molar-refractivity contribution >= 4 is 0 Å². The minimum Gasteiger partial charge on any atom is -0.478 e. The fourth-order valence-corrected chi connectivity index (χ4v) is 1.50. The van der Waals surface area contributed by atoms with Crippen molar-refractivity contribution in [3.8, 4) is 5.88 Å². The first-order valence-electron chi connectivity index (χ1n) is 4.58. The predicted molar refractivity (Wildman–Crippen MR) is 48.6 cm³/mol. The predicted octanol–water partition coefficient (Wildman–Crippen LogP) is 0.521. The summed E-state index contributed by atoms with van der Waals surface area (Å²) in [4.78, 5) is 8.34. The molecule has 4 nitrogen and oxygen atoms in total. The second-order valence-electron chi connectivity index (χ2n) is 2.96. The number of aromatic nitrogens is 2. The van der Waals surface area contributed by atoms with Crippen LogP contribution in [0.3, 0.4) is 0 Å². The summed E-state index contributed by atoms with van der Waals surface area (Å²) in [6, 6.07) is 0. The van der Waals surface area contributed by atoms with Gasteiger partial charge in [0.2, 0.25) is 5.88 Å². The molecule has 0 unspecified atom stereocenters. The van der Waals surface area contributed by atoms with Gasteiger partial charge in [-0.2, -0.15) is 0 Å². The Balaban J connectivity index is 2.34. The van der Waals surface area contributed by atoms with Gasteiger partial charge in [0.25, 0.3) is 0 Å². The molecule has 0 atom stereocenters. The summed E-state index contributed by atoms with van der Waals surface area (Å²) in [5.74, 6) is 0.736. The number of hydrogen-bond donors (Lipinski definition) is 1. The summed E-state index contributed by atoms with van der Waals surface area (Å²) in [6.07, 6.45) is 2.55. The molecule has 0 saturated carbocycles. The molecule has 0 amide bonds. The van der Waals surface area contributed by atoms with E-state index in [0.29, 0.717) is 6.61 Å². The molecule has 0 fully saturated rings. The third kappa shape index (κ3) is 1.62. The largest absolute Gasteiger partial charge is 0.478 e. The number of ether oxygens (including phenoxy) is 1. The molecule has 0 aliphatic carbocycles. The summed E-state index contributed by atoms with van der Waals surface area (Å²) in [6.45, 7) is 4.44. The molecule has 0 aromatic carbocycles. The molecule has 1 aliphatic rings. The molecule has 13 heavy (non-hydrogen) atoms. The summed E-state index contributed by atoms with van der Waals surface area (Å²) >= 11 is 0. The maximum Gasteiger partial charge on any atom is 0.221 e. The fraction of sp³-hybridized carbons (Fsp3) is 0.556. The van der Waals surface area contributed by atoms with Crippen molar-refractivity contribution in [1.82, 2.24) is 15.3 Å². The molecular formula is C9H13N3O. The third-order valence-electron chi connectivity index (χ3n) is 2.12. The molecule has 0 spiro atoms. The van der Waals surface area contributed by atoms with Gasteiger partial charge in [0.1, 0.15) is 6.33 Å². The van der Waals surface area contributed by atoms with E-state index in [0.717, 1.165) is 36.6 Å². The van der Waals surface area contributed by atoms with Gasteiger partial charge in [0.15, 0.2) is 0 Å². The smallest absolute Gasteiger partial charge is 0.221 e. The van der Waals surface area contributed by atoms with Gasteiger partial charge < -0.3 is 10.1 Å². The SMILES string of the molecule is CCOc1ncnc2c1CNCC2. The number of nitrogens with one attached hydrogen (secondary N) is 1. The van der Waals surface area contributed by atoms with Crippen LogP contribution in [0.1, 0.15) is 18.2 Å². The topological polar surface area (TPSA) is 47.0 Å². The van der Waals surface area contributed by atoms with Crippen molar-refractivity contribution in [2.24, 2.45) is 0 Å². The van der Waals surface area contributed by atoms with Gasteiger partial charge in [0.05, 0.1) is 12.3 Å². The Hall–Kier alpha value is -1.16. The normalized spacial score (nSPS) is 15.2. The van der Waals surface area contributed by atoms with Gasteiger partial charge in [-0.05, 0) is 6.92 Å². The first-order valence-corrected chi connectivity index (χ1v) is 4.58. The molecule has 70 valence electrons. The van der Waals surface area contributed by atoms with Crippen molar-refractivity contribution in [2.75, 3.05) is 13.2 Å². The van der Waals surface area contributed by atoms with E-state index < -0.39 is 0 Å². The Morgan fingerprint density at radius 2 is 2.46 bits per heavy atom. The third-order valence-corrected chi connectivity index (χ3v) is 2.12. The van der Waals surface area contributed by atoms with Crippen LogP contribution in [-0.4, -0.2) is 23.1 Å². The second kappa shape index (κ2) is 3.70. The van der Waals surface area contributed by atoms with Gasteiger partial charge >= 0.3 is 0 Å². The second-order valence-corrected chi connectivity index (χ2v) is 2.96. The zero-order valence-corrected chi connectivity index (χ0v) is 7.71. The summed E-state index contributed by atoms with van der Waals surface area (Å²) < 4.78 is 5.41. The standard InChI is InChI=1S/C9H13N3O/c1-2-13-9-7-5-10-4-3-8(7)11-6-12-9/h6,10H,2-5H2,1H3. The van der Waals surface area contributed by atoms with Crippen LogP contribution in [0.15, 0.2) is 6.33 Å². The number of fused-ring (bicyclic) bond motifs is 1. The lowest BCUT2D eigenvalue weighted by molar-refractivity contribution is 0.318. The molecule has 4 heteroatoms. The van der Waals surface area contributed by atoms with Crippen LogP contribution in [0.4, 0.5) is 0 Å². The lowest BCUT2D eigenvalue weighted by Gasteiger charge is -2.17. The van der Waals surface area contributed by atoms with Gasteiger partial charge in [-0.3, -0.25) is 0 Å². The lowest BCUT2D eigenvalue weighted by atomic mass is 10.1. The summed E-state index contributed by atoms with van der Waals surface area (Å²) in [5, 5.41) is 3.28. The molecule has 1 aliphatic heterocycles. The maximum absolute atomic E-state index is 5.41. The molecule has 0 radical (unpaired) electrons. The molecular weight excluding hydrogens is 166 g/mol. The number of hydrogen-bond acceptors (Lipinski definition) is 4. The van der Waals surface area contributed by atoms with Crippen LogP contribution >= 0.6 is 0 Å². The Bertz CT molecular complexity index is 301. The van der Waals surface area contributed by atoms with Crippen molar-refractivity contribution in [3.05, 3.63) is 17.6 Å². The Morgan fingerprint density at radius 3 is 3.31 bits per heavy atom. The molecule has 0 saturated heterocycles. The summed E-state index contributed by atoms with van der Waals surface area (Å²) in [7, 11) is 0. The van der Waals surface area contributed by atoms with Crippen LogP contribution in [0.25, 0.3) is 0 Å². The van der Waals surface area contributed by atoms with Crippen molar-refractivity contribution in [1.29, 1.82) is 0 Å². The number of nitrogens with zero attached hydrogens (tertiary/aromatic N) is 2. The van der Waals surface area contributed by atoms with E-state index >= 15 is 0 Å². The monoisotopic (exact) mass is 179 g/mol. The summed E-state index contributed by atoms with van der Waals surface area (Å²) in [5.41, 5.74) is 2.24. The zero-order valence-electron chi connectivity index (χ0n) is 7.71. The molecule has 0 bridgehead atoms. The van der Waals surface area contributed by atoms with E-state index in [1.165, 1.54) is 0 Å². The van der Waals surface area contributed by atoms with Gasteiger partial charge in [0, 0.05) is 25.1 Å². The minimum atomic E-state index is 0.656. The molecule has 2 heterocycles. The van der Waals surface area contributed by atoms with Crippen LogP contribution < -0.4 is 10.1 Å². The van der Waals surface area contributed by atoms with E-state index in [-0.39, 0.29) is 0 Å². The molecule has 2 rings (SSSR count). The highest BCUT2D eigenvalue weighted by Gasteiger charge is 2.15. The quantitative estimate of drug-likeness (QED) is 0.719. The average Bonchev–Trinajstić information content (AvgIpc) is 2.19. The first kappa shape index (κ1) is 8.44. The van der Waals surface area contributed by atoms with E-state index in [1.807, 2.05) is 6.92 Å². The van der Waals surface area contributed by atoms with Crippen LogP contribution in [0, 0.1) is 0 Å². The van der Waals surface area contributed by atoms with Crippen LogP contribution in [0.2, 0.25) is 0 Å². The van der Waals surface area contributed by atoms with Crippen molar-refractivity contribution < 1.29 is 4.74 Å². The molecule has 1 aromatic rings. The highest BCUT2D eigenvalue weighted by molar-refractivity contribution is 5.31. The highest BCUT2D eigenvalue weighted by Crippen LogP contribution is 2.20. The molecule has 1 N–H and O–H groups in total. The van der Waals surface area contributed by atoms with E-state index in [9.17, 15) is 0 Å². The van der Waals surface area contributed by atoms with Crippen LogP contribution in [-0.2, 0) is 13.0 Å². The minimum absolute atomic E-state index is 0.656. The Kier molecular flexibility index (Phi) is 2.40. The number of rotatable bonds is 2. The van der Waals surface area contributed by atoms with Gasteiger partial charge in [-0.1, -0.05) is 0 Å². The van der Waals surface area contributed by atoms with E-state index in [2.05, 4.69) is 15.3 Å². The average molecular weight is 179 g/mol. The Morgan fingerprint density at radius 1 is 1.54 bits per heavy atom. The Labute approximate surface area is 77.4 Å². The van der Waals surface area contributed by atoms with Crippen LogP contribution in [0.5, 0.6) is 5.88 Å². The lowest BCUT2D eigenvalue weighted by Crippen LogP contribution is -2.25. The van der Waals surface area contributed by atoms with E-state index in [4.69, 9.17) is 4.74 Å². The maximum atomic E-state index is 5.41. The highest BCUT2D eigenvalue weighted by atomic mass is 16.5. The van der Waals surface area contributed by atoms with Crippen molar-refractivity contribution in [3.63, 3.8) is 0 Å². The van der Waals surface area contributed by atoms with Gasteiger partial charge in [-0.25, -0.2) is 9.97 Å². The molecule has 1 aromatic heterocycles. The zero-order chi connectivity index (χ0) is 9.10. The fourth-order valence-electron chi connectivity index (χ4n) is 1.50. The first-order chi connectivity index (χ1) is 6.42.